The highest BCUT2D eigenvalue weighted by Gasteiger charge is 2.34. The van der Waals surface area contributed by atoms with Gasteiger partial charge in [0.2, 0.25) is 57.9 Å². The number of aryl methyl sites for hydroxylation is 4. The minimum atomic E-state index is -1.75. The monoisotopic (exact) mass is 1800 g/mol. The van der Waals surface area contributed by atoms with E-state index in [-0.39, 0.29) is 84.9 Å². The molecule has 0 atom stereocenters. The first-order chi connectivity index (χ1) is 58.7. The topological polar surface area (TPSA) is 320 Å². The molecule has 1 heterocycles. The minimum absolute atomic E-state index is 0.0115. The Kier molecular flexibility index (Phi) is 45.9. The first-order valence-electron chi connectivity index (χ1n) is 37.2. The van der Waals surface area contributed by atoms with Crippen molar-refractivity contribution in [2.45, 2.75) is 134 Å². The second kappa shape index (κ2) is 53.9. The van der Waals surface area contributed by atoms with E-state index in [0.717, 1.165) is 55.9 Å². The van der Waals surface area contributed by atoms with E-state index in [9.17, 15) is 106 Å². The molecule has 2 amide bonds. The first-order valence-corrected chi connectivity index (χ1v) is 37.9. The van der Waals surface area contributed by atoms with Crippen molar-refractivity contribution in [2.24, 2.45) is 0 Å². The van der Waals surface area contributed by atoms with E-state index in [0.29, 0.717) is 49.2 Å². The van der Waals surface area contributed by atoms with Gasteiger partial charge in [0.15, 0.2) is 40.7 Å². The molecule has 0 unspecified atom stereocenters. The summed E-state index contributed by atoms with van der Waals surface area (Å²) in [6.07, 6.45) is -1.25. The van der Waals surface area contributed by atoms with E-state index in [1.807, 2.05) is 58.9 Å². The van der Waals surface area contributed by atoms with Gasteiger partial charge in [0.25, 0.3) is 11.8 Å². The number of hydroxylamine groups is 2. The van der Waals surface area contributed by atoms with Crippen LogP contribution in [0.2, 0.25) is 10.0 Å². The standard InChI is InChI=1S/C18H16F4O3.C16H12F4O2.C14H16F4O3.C10H10Cl2O3.C10H12O3.C9H9NO5.C7H9NO5/c1-3-11-4-6-12(7-5-11)24-9-8-13(23)25-18-16(21)14(19)10(2)15(20)17(18)22;1-3-9-4-6-10(7-5-9)16(21)22-15-13(19)11(17)8(2)12(18)14(15)20;1-3-20-7-5-4-6-9(19)21-14-12(17)10(15)8(2)11(16)13(14)18;1-3-14-10(13)15-9-7(11)4-6(2)5-8(9)12;1-3-12-10(11)13-9-6-4-8(2)5-7-9;1-2-14-9(11)15-8-6-4-3-5-7(8)10(12)13;1-2-12-7(11)13-8-5(9)3-4-6(8)10/h4-7H,3,8-9H2,1-2H3;4-7H,3H2,1-2H3;3-7H2,1-2H3;4-5H,3H2,1-2H3;4-7H,3H2,1-2H3;3-6H,2H2,1H3;2-4H2,1H3. The highest BCUT2D eigenvalue weighted by Crippen LogP contribution is 2.36. The maximum atomic E-state index is 13.6. The first kappa shape index (κ1) is 105. The lowest BCUT2D eigenvalue weighted by molar-refractivity contribution is -0.385. The molecule has 0 saturated carbocycles. The quantitative estimate of drug-likeness (QED) is 0.00490. The van der Waals surface area contributed by atoms with Crippen LogP contribution >= 0.6 is 23.2 Å². The van der Waals surface area contributed by atoms with E-state index >= 15 is 0 Å². The van der Waals surface area contributed by atoms with Crippen LogP contribution in [-0.4, -0.2) is 111 Å². The number of carbonyl (C=O) groups is 9. The molecule has 672 valence electrons. The number of halogens is 14. The molecule has 0 N–H and O–H groups in total. The van der Waals surface area contributed by atoms with Gasteiger partial charge in [-0.3, -0.25) is 34.1 Å². The van der Waals surface area contributed by atoms with Gasteiger partial charge in [0.1, 0.15) is 11.5 Å². The third-order valence-corrected chi connectivity index (χ3v) is 16.2. The molecule has 0 aromatic heterocycles. The number of amides is 2. The molecule has 0 spiro atoms. The SMILES string of the molecule is CCOC(=O)ON1C(=O)CCC1=O.CCOC(=O)Oc1c(Cl)cc(C)cc1Cl.CCOC(=O)Oc1ccc(C)cc1.CCOC(=O)Oc1ccccc1[N+](=O)[O-].CCOCCCCC(=O)Oc1c(F)c(F)c(C)c(F)c1F.CCc1ccc(C(=O)Oc2c(F)c(F)c(C)c(F)c2F)cc1.CCc1ccc(OCCC(=O)Oc2c(F)c(F)c(C)c(F)c2F)cc1. The van der Waals surface area contributed by atoms with Crippen LogP contribution in [0, 0.1) is 115 Å². The average molecular weight is 1800 g/mol. The lowest BCUT2D eigenvalue weighted by Crippen LogP contribution is -2.32. The Labute approximate surface area is 712 Å². The lowest BCUT2D eigenvalue weighted by Gasteiger charge is -2.11. The zero-order valence-electron chi connectivity index (χ0n) is 68.5. The van der Waals surface area contributed by atoms with Gasteiger partial charge in [-0.05, 0) is 166 Å². The molecule has 0 radical (unpaired) electrons. The number of carbonyl (C=O) groups excluding carboxylic acids is 9. The van der Waals surface area contributed by atoms with Crippen molar-refractivity contribution in [3.05, 3.63) is 244 Å². The highest BCUT2D eigenvalue weighted by atomic mass is 35.5. The second-order valence-electron chi connectivity index (χ2n) is 24.6. The third kappa shape index (κ3) is 34.0. The van der Waals surface area contributed by atoms with Crippen LogP contribution in [-0.2, 0) is 60.5 Å². The van der Waals surface area contributed by atoms with Crippen molar-refractivity contribution in [3.63, 3.8) is 0 Å². The summed E-state index contributed by atoms with van der Waals surface area (Å²) in [5.41, 5.74) is 1.36. The van der Waals surface area contributed by atoms with Crippen molar-refractivity contribution < 1.29 is 162 Å². The predicted molar refractivity (Wildman–Crippen MR) is 419 cm³/mol. The largest absolute Gasteiger partial charge is 0.533 e. The summed E-state index contributed by atoms with van der Waals surface area (Å²) >= 11 is 11.7. The maximum absolute atomic E-state index is 13.6. The summed E-state index contributed by atoms with van der Waals surface area (Å²) < 4.78 is 218. The molecule has 1 aliphatic heterocycles. The predicted octanol–water partition coefficient (Wildman–Crippen LogP) is 21.2. The number of hydrogen-bond acceptors (Lipinski definition) is 24. The molecular formula is C84H84Cl2F12N2O24. The number of unbranched alkanes of at least 4 members (excludes halogenated alkanes) is 1. The molecule has 8 aromatic rings. The number of para-hydroxylation sites is 2. The number of nitro groups is 1. The molecule has 0 aliphatic carbocycles. The van der Waals surface area contributed by atoms with E-state index in [4.69, 9.17) is 42.1 Å². The number of hydrogen-bond donors (Lipinski definition) is 0. The summed E-state index contributed by atoms with van der Waals surface area (Å²) in [7, 11) is 0. The zero-order valence-corrected chi connectivity index (χ0v) is 70.0. The Bertz CT molecular complexity index is 4870. The van der Waals surface area contributed by atoms with Crippen molar-refractivity contribution in [3.8, 4) is 40.2 Å². The molecule has 1 fully saturated rings. The third-order valence-electron chi connectivity index (χ3n) is 15.6. The Balaban J connectivity index is 0.000000378. The number of nitro benzene ring substituents is 1. The number of imide groups is 1. The fraction of sp³-hybridized carbons (Fsp3) is 0.321. The van der Waals surface area contributed by atoms with Crippen molar-refractivity contribution in [2.75, 3.05) is 46.2 Å². The summed E-state index contributed by atoms with van der Waals surface area (Å²) in [5, 5.41) is 11.5. The minimum Gasteiger partial charge on any atom is -0.493 e. The molecule has 1 saturated heterocycles. The molecule has 9 rings (SSSR count). The van der Waals surface area contributed by atoms with Gasteiger partial charge in [-0.2, -0.15) is 26.3 Å². The summed E-state index contributed by atoms with van der Waals surface area (Å²) in [4.78, 5) is 114. The van der Waals surface area contributed by atoms with Gasteiger partial charge in [-0.1, -0.05) is 96.2 Å². The van der Waals surface area contributed by atoms with Gasteiger partial charge in [0, 0.05) is 55.2 Å². The molecule has 1 aliphatic rings. The molecule has 40 heteroatoms. The van der Waals surface area contributed by atoms with Crippen molar-refractivity contribution in [1.82, 2.24) is 5.06 Å². The Morgan fingerprint density at radius 1 is 0.411 bits per heavy atom. The normalized spacial score (nSPS) is 10.9. The number of ether oxygens (including phenoxy) is 12. The fourth-order valence-corrected chi connectivity index (χ4v) is 9.83. The van der Waals surface area contributed by atoms with Gasteiger partial charge in [-0.25, -0.2) is 50.3 Å². The number of benzene rings is 8. The Morgan fingerprint density at radius 3 is 1.22 bits per heavy atom. The maximum Gasteiger partial charge on any atom is 0.533 e. The van der Waals surface area contributed by atoms with E-state index < -0.39 is 163 Å². The molecular weight excluding hydrogens is 1720 g/mol. The van der Waals surface area contributed by atoms with Gasteiger partial charge < -0.3 is 56.8 Å². The smallest absolute Gasteiger partial charge is 0.493 e. The molecule has 26 nitrogen and oxygen atoms in total. The molecule has 0 bridgehead atoms. The fourth-order valence-electron chi connectivity index (χ4n) is 9.15. The average Bonchev–Trinajstić information content (AvgIpc) is 1.09. The second-order valence-corrected chi connectivity index (χ2v) is 25.4. The van der Waals surface area contributed by atoms with Crippen LogP contribution in [0.1, 0.15) is 136 Å². The summed E-state index contributed by atoms with van der Waals surface area (Å²) in [6, 6.07) is 29.3. The number of nitrogens with zero attached hydrogens (tertiary/aromatic N) is 2. The van der Waals surface area contributed by atoms with Gasteiger partial charge >= 0.3 is 48.2 Å². The number of esters is 3. The molecule has 124 heavy (non-hydrogen) atoms. The van der Waals surface area contributed by atoms with Crippen LogP contribution in [0.4, 0.5) is 77.6 Å². The Morgan fingerprint density at radius 2 is 0.798 bits per heavy atom. The molecule has 8 aromatic carbocycles. The van der Waals surface area contributed by atoms with Crippen molar-refractivity contribution >= 4 is 83.2 Å². The van der Waals surface area contributed by atoms with Crippen LogP contribution < -0.4 is 33.2 Å². The van der Waals surface area contributed by atoms with Crippen LogP contribution in [0.3, 0.4) is 0 Å². The van der Waals surface area contributed by atoms with E-state index in [2.05, 4.69) is 42.7 Å². The van der Waals surface area contributed by atoms with Crippen LogP contribution in [0.15, 0.2) is 109 Å². The van der Waals surface area contributed by atoms with Gasteiger partial charge in [-0.15, -0.1) is 0 Å². The zero-order chi connectivity index (χ0) is 93.2. The lowest BCUT2D eigenvalue weighted by atomic mass is 10.1. The summed E-state index contributed by atoms with van der Waals surface area (Å²) in [5.74, 6) is -27.2. The van der Waals surface area contributed by atoms with Crippen molar-refractivity contribution in [1.29, 1.82) is 0 Å². The van der Waals surface area contributed by atoms with E-state index in [1.165, 1.54) is 36.4 Å². The highest BCUT2D eigenvalue weighted by molar-refractivity contribution is 6.37. The number of rotatable bonds is 25. The summed E-state index contributed by atoms with van der Waals surface area (Å²) in [6.45, 7) is 20.5. The van der Waals surface area contributed by atoms with E-state index in [1.54, 1.807) is 76.2 Å². The Hall–Kier alpha value is -12.7. The van der Waals surface area contributed by atoms with Gasteiger partial charge in [0.05, 0.1) is 60.0 Å². The van der Waals surface area contributed by atoms with Crippen LogP contribution in [0.5, 0.6) is 40.2 Å². The van der Waals surface area contributed by atoms with Crippen LogP contribution in [0.25, 0.3) is 0 Å².